The Morgan fingerprint density at radius 2 is 1.00 bits per heavy atom. The predicted octanol–water partition coefficient (Wildman–Crippen LogP) is 15.0. The summed E-state index contributed by atoms with van der Waals surface area (Å²) in [5.74, 6) is 4.56. The molecule has 1 amide bonds. The third-order valence-electron chi connectivity index (χ3n) is 11.8. The Labute approximate surface area is 441 Å². The summed E-state index contributed by atoms with van der Waals surface area (Å²) in [7, 11) is 10.0. The van der Waals surface area contributed by atoms with Crippen LogP contribution >= 0.6 is 43.2 Å². The highest BCUT2D eigenvalue weighted by Crippen LogP contribution is 2.25. The van der Waals surface area contributed by atoms with Crippen LogP contribution in [-0.2, 0) is 23.9 Å². The maximum atomic E-state index is 12.7. The Kier molecular flexibility index (Phi) is 55.3. The van der Waals surface area contributed by atoms with E-state index >= 15 is 0 Å². The van der Waals surface area contributed by atoms with Crippen molar-refractivity contribution in [1.82, 2.24) is 15.1 Å². The van der Waals surface area contributed by atoms with E-state index in [9.17, 15) is 19.5 Å². The fourth-order valence-electron chi connectivity index (χ4n) is 7.43. The number of ether oxygens (including phenoxy) is 2. The van der Waals surface area contributed by atoms with Gasteiger partial charge in [-0.3, -0.25) is 14.4 Å². The van der Waals surface area contributed by atoms with E-state index in [2.05, 4.69) is 79.4 Å². The molecular formula is C56H105N3O6S4. The van der Waals surface area contributed by atoms with Gasteiger partial charge in [-0.2, -0.15) is 0 Å². The number of nitrogens with one attached hydrogen (secondary N) is 1. The van der Waals surface area contributed by atoms with Gasteiger partial charge in [-0.1, -0.05) is 171 Å². The molecule has 9 nitrogen and oxygen atoms in total. The minimum absolute atomic E-state index is 0.126. The first-order chi connectivity index (χ1) is 33.8. The van der Waals surface area contributed by atoms with Crippen LogP contribution in [0.5, 0.6) is 0 Å². The predicted molar refractivity (Wildman–Crippen MR) is 308 cm³/mol. The summed E-state index contributed by atoms with van der Waals surface area (Å²) in [6.45, 7) is 11.7. The van der Waals surface area contributed by atoms with Crippen molar-refractivity contribution in [3.63, 3.8) is 0 Å². The zero-order valence-electron chi connectivity index (χ0n) is 44.8. The third kappa shape index (κ3) is 54.5. The van der Waals surface area contributed by atoms with E-state index in [1.807, 2.05) is 43.2 Å². The molecule has 0 aromatic heterocycles. The highest BCUT2D eigenvalue weighted by atomic mass is 33.1. The Bertz CT molecular complexity index is 1170. The average molecular weight is 1040 g/mol. The zero-order chi connectivity index (χ0) is 50.4. The van der Waals surface area contributed by atoms with Gasteiger partial charge in [0.05, 0.1) is 32.2 Å². The molecule has 69 heavy (non-hydrogen) atoms. The number of rotatable bonds is 54. The SMILES string of the molecule is CC/C=C\CCCSSCCCCCCOC(=O)CCN(CCCN(C)CCNC(=O)CCCCCCC/C=C\C[C@H](O)CCCCCC)CCC(=O)OCCCCCCSSCCC/C=C\CC. The quantitative estimate of drug-likeness (QED) is 0.0262. The third-order valence-corrected chi connectivity index (χ3v) is 16.9. The molecular weight excluding hydrogens is 939 g/mol. The molecule has 0 aliphatic carbocycles. The van der Waals surface area contributed by atoms with Gasteiger partial charge in [0.15, 0.2) is 0 Å². The van der Waals surface area contributed by atoms with Gasteiger partial charge in [-0.25, -0.2) is 0 Å². The van der Waals surface area contributed by atoms with Crippen molar-refractivity contribution >= 4 is 61.0 Å². The summed E-state index contributed by atoms with van der Waals surface area (Å²) in [5, 5.41) is 13.2. The number of aliphatic hydroxyl groups excluding tert-OH is 1. The van der Waals surface area contributed by atoms with Crippen molar-refractivity contribution in [1.29, 1.82) is 0 Å². The maximum Gasteiger partial charge on any atom is 0.307 e. The standard InChI is InChI=1S/C56H105N3O6S4/c1-5-8-11-22-31-49-66-68-51-33-24-20-29-47-64-55(62)39-44-59(45-40-56(63)65-48-30-21-25-34-52-69-67-50-32-23-12-9-6-2)43-35-42-58(4)46-41-57-54(61)38-28-19-17-15-14-16-18-27-37-53(60)36-26-13-10-7-3/h8-9,11-12,18,27,53,60H,5-7,10,13-17,19-26,28-52H2,1-4H3,(H,57,61)/b11-8-,12-9-,27-18-/t53-/m1/s1. The molecule has 0 fully saturated rings. The molecule has 0 aromatic rings. The van der Waals surface area contributed by atoms with E-state index < -0.39 is 0 Å². The number of unbranched alkanes of at least 4 members (excludes halogenated alkanes) is 16. The second-order valence-corrected chi connectivity index (χ2v) is 23.9. The molecule has 0 saturated carbocycles. The molecule has 0 bridgehead atoms. The van der Waals surface area contributed by atoms with Gasteiger partial charge < -0.3 is 29.7 Å². The molecule has 1 atom stereocenters. The van der Waals surface area contributed by atoms with Gasteiger partial charge in [0.1, 0.15) is 0 Å². The fourth-order valence-corrected chi connectivity index (χ4v) is 11.9. The van der Waals surface area contributed by atoms with E-state index in [0.29, 0.717) is 52.1 Å². The number of likely N-dealkylation sites (N-methyl/N-ethyl adjacent to an activating group) is 1. The van der Waals surface area contributed by atoms with Crippen molar-refractivity contribution in [3.05, 3.63) is 36.5 Å². The minimum atomic E-state index is -0.200. The van der Waals surface area contributed by atoms with Crippen molar-refractivity contribution in [2.45, 2.75) is 219 Å². The molecule has 0 aliphatic rings. The topological polar surface area (TPSA) is 108 Å². The molecule has 0 aromatic carbocycles. The smallest absolute Gasteiger partial charge is 0.307 e. The monoisotopic (exact) mass is 1040 g/mol. The largest absolute Gasteiger partial charge is 0.466 e. The van der Waals surface area contributed by atoms with Gasteiger partial charge >= 0.3 is 11.9 Å². The minimum Gasteiger partial charge on any atom is -0.466 e. The van der Waals surface area contributed by atoms with Crippen molar-refractivity contribution in [2.75, 3.05) is 82.5 Å². The number of hydrogen-bond acceptors (Lipinski definition) is 12. The normalized spacial score (nSPS) is 12.4. The zero-order valence-corrected chi connectivity index (χ0v) is 48.0. The molecule has 0 aliphatic heterocycles. The molecule has 0 unspecified atom stereocenters. The van der Waals surface area contributed by atoms with Gasteiger partial charge in [0.2, 0.25) is 5.91 Å². The highest BCUT2D eigenvalue weighted by molar-refractivity contribution is 8.77. The second kappa shape index (κ2) is 56.2. The number of amides is 1. The van der Waals surface area contributed by atoms with E-state index in [-0.39, 0.29) is 23.9 Å². The summed E-state index contributed by atoms with van der Waals surface area (Å²) in [4.78, 5) is 42.4. The lowest BCUT2D eigenvalue weighted by atomic mass is 10.1. The van der Waals surface area contributed by atoms with Gasteiger partial charge in [0, 0.05) is 55.6 Å². The highest BCUT2D eigenvalue weighted by Gasteiger charge is 2.13. The number of aliphatic hydroxyl groups is 1. The lowest BCUT2D eigenvalue weighted by Crippen LogP contribution is -2.35. The Morgan fingerprint density at radius 1 is 0.507 bits per heavy atom. The molecule has 0 heterocycles. The molecule has 0 spiro atoms. The van der Waals surface area contributed by atoms with Gasteiger partial charge in [-0.05, 0) is 123 Å². The Morgan fingerprint density at radius 3 is 1.58 bits per heavy atom. The number of hydrogen-bond donors (Lipinski definition) is 2. The van der Waals surface area contributed by atoms with Crippen LogP contribution < -0.4 is 5.32 Å². The number of carbonyl (C=O) groups excluding carboxylic acids is 3. The van der Waals surface area contributed by atoms with E-state index in [0.717, 1.165) is 129 Å². The van der Waals surface area contributed by atoms with Crippen LogP contribution in [0, 0.1) is 0 Å². The number of nitrogens with zero attached hydrogens (tertiary/aromatic N) is 2. The lowest BCUT2D eigenvalue weighted by Gasteiger charge is -2.23. The van der Waals surface area contributed by atoms with Gasteiger partial charge in [0.25, 0.3) is 0 Å². The van der Waals surface area contributed by atoms with Crippen LogP contribution in [0.1, 0.15) is 213 Å². The first kappa shape index (κ1) is 67.9. The van der Waals surface area contributed by atoms with Crippen LogP contribution in [0.25, 0.3) is 0 Å². The van der Waals surface area contributed by atoms with Crippen molar-refractivity contribution in [3.8, 4) is 0 Å². The fraction of sp³-hybridized carbons (Fsp3) is 0.839. The van der Waals surface area contributed by atoms with Gasteiger partial charge in [-0.15, -0.1) is 0 Å². The molecule has 0 radical (unpaired) electrons. The average Bonchev–Trinajstić information content (AvgIpc) is 3.34. The van der Waals surface area contributed by atoms with Crippen LogP contribution in [0.3, 0.4) is 0 Å². The molecule has 404 valence electrons. The van der Waals surface area contributed by atoms with Crippen LogP contribution in [0.15, 0.2) is 36.5 Å². The first-order valence-corrected chi connectivity index (χ1v) is 32.9. The Hall–Kier alpha value is -1.09. The molecule has 0 saturated heterocycles. The summed E-state index contributed by atoms with van der Waals surface area (Å²) < 4.78 is 11.2. The van der Waals surface area contributed by atoms with E-state index in [4.69, 9.17) is 9.47 Å². The lowest BCUT2D eigenvalue weighted by molar-refractivity contribution is -0.144. The number of allylic oxidation sites excluding steroid dienone is 5. The van der Waals surface area contributed by atoms with Crippen LogP contribution in [0.4, 0.5) is 0 Å². The number of esters is 2. The van der Waals surface area contributed by atoms with E-state index in [1.165, 1.54) is 87.2 Å². The summed E-state index contributed by atoms with van der Waals surface area (Å²) in [6, 6.07) is 0. The summed E-state index contributed by atoms with van der Waals surface area (Å²) in [6.07, 6.45) is 44.2. The summed E-state index contributed by atoms with van der Waals surface area (Å²) >= 11 is 0. The molecule has 0 rings (SSSR count). The van der Waals surface area contributed by atoms with E-state index in [1.54, 1.807) is 0 Å². The van der Waals surface area contributed by atoms with Crippen LogP contribution in [0.2, 0.25) is 0 Å². The Balaban J connectivity index is 4.39. The number of carbonyl (C=O) groups is 3. The first-order valence-electron chi connectivity index (χ1n) is 27.9. The van der Waals surface area contributed by atoms with Crippen LogP contribution in [-0.4, -0.2) is 121 Å². The molecule has 2 N–H and O–H groups in total. The molecule has 13 heteroatoms. The van der Waals surface area contributed by atoms with Crippen molar-refractivity contribution < 1.29 is 29.0 Å². The summed E-state index contributed by atoms with van der Waals surface area (Å²) in [5.41, 5.74) is 0. The van der Waals surface area contributed by atoms with Crippen molar-refractivity contribution in [2.24, 2.45) is 0 Å². The second-order valence-electron chi connectivity index (χ2n) is 18.5. The maximum absolute atomic E-state index is 12.7.